The van der Waals surface area contributed by atoms with Gasteiger partial charge in [-0.15, -0.1) is 0 Å². The Bertz CT molecular complexity index is 431. The Morgan fingerprint density at radius 3 is 3.07 bits per heavy atom. The Hall–Kier alpha value is -1.84. The van der Waals surface area contributed by atoms with E-state index in [0.717, 1.165) is 5.69 Å². The standard InChI is InChI=1S/C11H11NO3/c13-10(14)6-4-8-3-5-9-2-1-7-12(9)11(8)15/h1-3,5,7-8H,4,6H2,(H,13,14). The predicted molar refractivity (Wildman–Crippen MR) is 54.5 cm³/mol. The van der Waals surface area contributed by atoms with Crippen molar-refractivity contribution < 1.29 is 14.7 Å². The molecule has 78 valence electrons. The van der Waals surface area contributed by atoms with Crippen LogP contribution in [0.25, 0.3) is 6.08 Å². The molecule has 0 aromatic carbocycles. The quantitative estimate of drug-likeness (QED) is 0.815. The lowest BCUT2D eigenvalue weighted by molar-refractivity contribution is -0.137. The molecular formula is C11H11NO3. The highest BCUT2D eigenvalue weighted by atomic mass is 16.4. The van der Waals surface area contributed by atoms with Crippen molar-refractivity contribution in [3.8, 4) is 0 Å². The van der Waals surface area contributed by atoms with Crippen LogP contribution in [0.5, 0.6) is 0 Å². The zero-order valence-electron chi connectivity index (χ0n) is 8.09. The Morgan fingerprint density at radius 1 is 1.53 bits per heavy atom. The first-order chi connectivity index (χ1) is 7.18. The number of carbonyl (C=O) groups excluding carboxylic acids is 1. The van der Waals surface area contributed by atoms with Gasteiger partial charge in [0.25, 0.3) is 0 Å². The Morgan fingerprint density at radius 2 is 2.33 bits per heavy atom. The average molecular weight is 205 g/mol. The van der Waals surface area contributed by atoms with Gasteiger partial charge in [0.1, 0.15) is 0 Å². The van der Waals surface area contributed by atoms with E-state index in [9.17, 15) is 9.59 Å². The van der Waals surface area contributed by atoms with Crippen molar-refractivity contribution in [2.24, 2.45) is 5.92 Å². The monoisotopic (exact) mass is 205 g/mol. The number of aliphatic carboxylic acids is 1. The fraction of sp³-hybridized carbons (Fsp3) is 0.273. The molecule has 1 aromatic rings. The molecule has 1 unspecified atom stereocenters. The summed E-state index contributed by atoms with van der Waals surface area (Å²) in [5.41, 5.74) is 0.853. The summed E-state index contributed by atoms with van der Waals surface area (Å²) in [5, 5.41) is 8.54. The van der Waals surface area contributed by atoms with Gasteiger partial charge in [-0.3, -0.25) is 14.2 Å². The van der Waals surface area contributed by atoms with Crippen LogP contribution in [0, 0.1) is 5.92 Å². The number of carboxylic acid groups (broad SMARTS) is 1. The Labute approximate surface area is 86.8 Å². The van der Waals surface area contributed by atoms with Gasteiger partial charge in [-0.05, 0) is 24.6 Å². The topological polar surface area (TPSA) is 59.3 Å². The number of hydrogen-bond acceptors (Lipinski definition) is 2. The summed E-state index contributed by atoms with van der Waals surface area (Å²) in [6, 6.07) is 3.65. The van der Waals surface area contributed by atoms with Crippen molar-refractivity contribution in [2.45, 2.75) is 12.8 Å². The number of hydrogen-bond donors (Lipinski definition) is 1. The molecule has 0 amide bonds. The number of allylic oxidation sites excluding steroid dienone is 1. The van der Waals surface area contributed by atoms with Crippen LogP contribution in [-0.2, 0) is 4.79 Å². The number of fused-ring (bicyclic) bond motifs is 1. The predicted octanol–water partition coefficient (Wildman–Crippen LogP) is 1.64. The van der Waals surface area contributed by atoms with Gasteiger partial charge in [0.15, 0.2) is 0 Å². The molecule has 4 nitrogen and oxygen atoms in total. The van der Waals surface area contributed by atoms with Crippen LogP contribution in [0.4, 0.5) is 0 Å². The van der Waals surface area contributed by atoms with Crippen LogP contribution in [0.3, 0.4) is 0 Å². The molecule has 2 heterocycles. The van der Waals surface area contributed by atoms with E-state index in [1.165, 1.54) is 0 Å². The van der Waals surface area contributed by atoms with Gasteiger partial charge in [-0.2, -0.15) is 0 Å². The van der Waals surface area contributed by atoms with Crippen LogP contribution in [0.15, 0.2) is 24.4 Å². The summed E-state index contributed by atoms with van der Waals surface area (Å²) in [6.45, 7) is 0. The molecule has 1 aliphatic heterocycles. The summed E-state index contributed by atoms with van der Waals surface area (Å²) >= 11 is 0. The van der Waals surface area contributed by atoms with Crippen LogP contribution in [-0.4, -0.2) is 21.6 Å². The van der Waals surface area contributed by atoms with Crippen molar-refractivity contribution in [2.75, 3.05) is 0 Å². The third kappa shape index (κ3) is 1.83. The fourth-order valence-electron chi connectivity index (χ4n) is 1.71. The number of rotatable bonds is 3. The maximum absolute atomic E-state index is 11.8. The number of nitrogens with zero attached hydrogens (tertiary/aromatic N) is 1. The second kappa shape index (κ2) is 3.73. The summed E-state index contributed by atoms with van der Waals surface area (Å²) in [4.78, 5) is 22.2. The van der Waals surface area contributed by atoms with E-state index < -0.39 is 5.97 Å². The molecule has 4 heteroatoms. The van der Waals surface area contributed by atoms with E-state index >= 15 is 0 Å². The fourth-order valence-corrected chi connectivity index (χ4v) is 1.71. The Kier molecular flexibility index (Phi) is 2.41. The molecule has 0 radical (unpaired) electrons. The minimum atomic E-state index is -0.866. The zero-order chi connectivity index (χ0) is 10.8. The summed E-state index contributed by atoms with van der Waals surface area (Å²) < 4.78 is 1.56. The van der Waals surface area contributed by atoms with Crippen molar-refractivity contribution in [1.29, 1.82) is 0 Å². The molecule has 1 atom stereocenters. The van der Waals surface area contributed by atoms with Gasteiger partial charge >= 0.3 is 5.97 Å². The molecule has 0 bridgehead atoms. The van der Waals surface area contributed by atoms with Crippen LogP contribution in [0.1, 0.15) is 23.3 Å². The highest BCUT2D eigenvalue weighted by Crippen LogP contribution is 2.20. The van der Waals surface area contributed by atoms with Crippen molar-refractivity contribution in [3.63, 3.8) is 0 Å². The van der Waals surface area contributed by atoms with E-state index in [1.54, 1.807) is 22.9 Å². The van der Waals surface area contributed by atoms with Gasteiger partial charge in [-0.25, -0.2) is 0 Å². The number of aromatic nitrogens is 1. The summed E-state index contributed by atoms with van der Waals surface area (Å²) in [5.74, 6) is -1.21. The van der Waals surface area contributed by atoms with Gasteiger partial charge in [0.2, 0.25) is 5.91 Å². The van der Waals surface area contributed by atoms with Crippen molar-refractivity contribution >= 4 is 18.0 Å². The molecule has 2 rings (SSSR count). The molecule has 1 aromatic heterocycles. The molecule has 0 saturated carbocycles. The first kappa shape index (κ1) is 9.71. The summed E-state index contributed by atoms with van der Waals surface area (Å²) in [6.07, 6.45) is 5.73. The van der Waals surface area contributed by atoms with Gasteiger partial charge < -0.3 is 5.11 Å². The van der Waals surface area contributed by atoms with E-state index in [0.29, 0.717) is 6.42 Å². The first-order valence-corrected chi connectivity index (χ1v) is 4.80. The minimum absolute atomic E-state index is 0.0251. The largest absolute Gasteiger partial charge is 0.481 e. The van der Waals surface area contributed by atoms with Crippen molar-refractivity contribution in [3.05, 3.63) is 30.1 Å². The third-order valence-electron chi connectivity index (χ3n) is 2.50. The second-order valence-corrected chi connectivity index (χ2v) is 3.54. The highest BCUT2D eigenvalue weighted by Gasteiger charge is 2.22. The molecule has 0 saturated heterocycles. The molecule has 0 fully saturated rings. The molecule has 0 spiro atoms. The third-order valence-corrected chi connectivity index (χ3v) is 2.50. The van der Waals surface area contributed by atoms with Crippen molar-refractivity contribution in [1.82, 2.24) is 4.57 Å². The zero-order valence-corrected chi connectivity index (χ0v) is 8.09. The Balaban J connectivity index is 2.12. The van der Waals surface area contributed by atoms with Crippen LogP contribution >= 0.6 is 0 Å². The lowest BCUT2D eigenvalue weighted by Crippen LogP contribution is -2.24. The summed E-state index contributed by atoms with van der Waals surface area (Å²) in [7, 11) is 0. The van der Waals surface area contributed by atoms with E-state index in [-0.39, 0.29) is 18.2 Å². The molecule has 0 aliphatic carbocycles. The number of carbonyl (C=O) groups is 2. The van der Waals surface area contributed by atoms with E-state index in [4.69, 9.17) is 5.11 Å². The molecule has 1 N–H and O–H groups in total. The van der Waals surface area contributed by atoms with E-state index in [2.05, 4.69) is 0 Å². The minimum Gasteiger partial charge on any atom is -0.481 e. The average Bonchev–Trinajstić information content (AvgIpc) is 2.65. The normalized spacial score (nSPS) is 18.9. The SMILES string of the molecule is O=C(O)CCC1C=Cc2cccn2C1=O. The van der Waals surface area contributed by atoms with Gasteiger partial charge in [0.05, 0.1) is 5.92 Å². The maximum atomic E-state index is 11.8. The van der Waals surface area contributed by atoms with Crippen LogP contribution < -0.4 is 0 Å². The lowest BCUT2D eigenvalue weighted by Gasteiger charge is -2.17. The van der Waals surface area contributed by atoms with E-state index in [1.807, 2.05) is 12.1 Å². The molecule has 15 heavy (non-hydrogen) atoms. The van der Waals surface area contributed by atoms with Crippen LogP contribution in [0.2, 0.25) is 0 Å². The maximum Gasteiger partial charge on any atom is 0.303 e. The van der Waals surface area contributed by atoms with Gasteiger partial charge in [-0.1, -0.05) is 6.08 Å². The lowest BCUT2D eigenvalue weighted by atomic mass is 9.99. The second-order valence-electron chi connectivity index (χ2n) is 3.54. The number of carboxylic acids is 1. The molecular weight excluding hydrogens is 194 g/mol. The first-order valence-electron chi connectivity index (χ1n) is 4.80. The molecule has 1 aliphatic rings. The smallest absolute Gasteiger partial charge is 0.303 e. The highest BCUT2D eigenvalue weighted by molar-refractivity contribution is 5.88. The van der Waals surface area contributed by atoms with Gasteiger partial charge in [0, 0.05) is 18.3 Å².